The van der Waals surface area contributed by atoms with E-state index in [0.29, 0.717) is 5.69 Å². The average molecular weight is 461 g/mol. The zero-order valence-corrected chi connectivity index (χ0v) is 19.5. The highest BCUT2D eigenvalue weighted by Gasteiger charge is 2.48. The Balaban J connectivity index is 1.30. The summed E-state index contributed by atoms with van der Waals surface area (Å²) in [6.45, 7) is 4.20. The minimum atomic E-state index is -0.588. The molecule has 5 rings (SSSR count). The van der Waals surface area contributed by atoms with Gasteiger partial charge in [-0.05, 0) is 50.5 Å². The second kappa shape index (κ2) is 8.70. The van der Waals surface area contributed by atoms with Crippen LogP contribution in [0.25, 0.3) is 0 Å². The second-order valence-corrected chi connectivity index (χ2v) is 9.62. The first-order chi connectivity index (χ1) is 16.3. The maximum Gasteiger partial charge on any atom is 0.316 e. The van der Waals surface area contributed by atoms with E-state index in [4.69, 9.17) is 4.74 Å². The molecule has 2 aromatic rings. The summed E-state index contributed by atoms with van der Waals surface area (Å²) >= 11 is 0. The highest BCUT2D eigenvalue weighted by atomic mass is 16.5. The molecule has 3 amide bonds. The van der Waals surface area contributed by atoms with Crippen molar-refractivity contribution in [3.8, 4) is 5.75 Å². The normalized spacial score (nSPS) is 24.5. The van der Waals surface area contributed by atoms with Crippen LogP contribution in [0.15, 0.2) is 42.5 Å². The number of aryl methyl sites for hydroxylation is 2. The minimum Gasteiger partial charge on any atom is -0.426 e. The summed E-state index contributed by atoms with van der Waals surface area (Å²) < 4.78 is 5.60. The first-order valence-corrected chi connectivity index (χ1v) is 11.9. The molecular weight excluding hydrogens is 432 g/mol. The molecule has 3 fully saturated rings. The summed E-state index contributed by atoms with van der Waals surface area (Å²) in [4.78, 5) is 54.2. The third kappa shape index (κ3) is 3.89. The summed E-state index contributed by atoms with van der Waals surface area (Å²) in [5, 5.41) is 0. The lowest BCUT2D eigenvalue weighted by molar-refractivity contribution is -0.139. The first-order valence-electron chi connectivity index (χ1n) is 11.9. The molecule has 0 spiro atoms. The predicted octanol–water partition coefficient (Wildman–Crippen LogP) is 3.94. The van der Waals surface area contributed by atoms with Crippen LogP contribution in [0.5, 0.6) is 5.75 Å². The Bertz CT molecular complexity index is 1170. The fraction of sp³-hybridized carbons (Fsp3) is 0.407. The number of imide groups is 1. The topological polar surface area (TPSA) is 84.0 Å². The number of benzene rings is 2. The molecule has 2 aliphatic heterocycles. The van der Waals surface area contributed by atoms with Crippen molar-refractivity contribution in [2.24, 2.45) is 17.8 Å². The molecule has 2 aromatic carbocycles. The van der Waals surface area contributed by atoms with Crippen molar-refractivity contribution in [1.82, 2.24) is 0 Å². The Kier molecular flexibility index (Phi) is 5.71. The number of hydrogen-bond acceptors (Lipinski definition) is 5. The maximum absolute atomic E-state index is 12.9. The Hall–Kier alpha value is -3.48. The van der Waals surface area contributed by atoms with Crippen LogP contribution in [0.3, 0.4) is 0 Å². The third-order valence-electron chi connectivity index (χ3n) is 7.24. The van der Waals surface area contributed by atoms with Crippen LogP contribution in [0.4, 0.5) is 11.4 Å². The number of nitrogens with zero attached hydrogens (tertiary/aromatic N) is 2. The number of ether oxygens (including phenoxy) is 1. The highest BCUT2D eigenvalue weighted by molar-refractivity contribution is 6.22. The second-order valence-electron chi connectivity index (χ2n) is 9.62. The van der Waals surface area contributed by atoms with E-state index in [9.17, 15) is 19.2 Å². The molecule has 34 heavy (non-hydrogen) atoms. The van der Waals surface area contributed by atoms with Gasteiger partial charge in [-0.3, -0.25) is 19.2 Å². The Morgan fingerprint density at radius 3 is 2.32 bits per heavy atom. The van der Waals surface area contributed by atoms with E-state index in [-0.39, 0.29) is 48.3 Å². The number of carbonyl (C=O) groups is 4. The van der Waals surface area contributed by atoms with Crippen molar-refractivity contribution in [3.05, 3.63) is 53.6 Å². The van der Waals surface area contributed by atoms with Crippen LogP contribution in [0.2, 0.25) is 0 Å². The monoisotopic (exact) mass is 460 g/mol. The van der Waals surface area contributed by atoms with Crippen LogP contribution >= 0.6 is 0 Å². The Labute approximate surface area is 198 Å². The molecule has 1 aliphatic carbocycles. The van der Waals surface area contributed by atoms with Gasteiger partial charge in [-0.25, -0.2) is 4.90 Å². The Morgan fingerprint density at radius 2 is 1.65 bits per heavy atom. The Morgan fingerprint density at radius 1 is 0.941 bits per heavy atom. The summed E-state index contributed by atoms with van der Waals surface area (Å²) in [7, 11) is 0. The van der Waals surface area contributed by atoms with Gasteiger partial charge < -0.3 is 9.64 Å². The standard InChI is InChI=1S/C27H28N2O5/c1-16-10-11-23(17(2)12-16)28-15-18(13-24(28)30)27(33)34-20-7-5-6-19(14-20)29-25(31)21-8-3-4-9-22(21)26(29)32/h5-7,10-12,14,18,21-22H,3-4,8-9,13,15H2,1-2H3/t18-,21-,22-/m1/s1. The van der Waals surface area contributed by atoms with Gasteiger partial charge in [-0.1, -0.05) is 36.6 Å². The van der Waals surface area contributed by atoms with Gasteiger partial charge in [-0.15, -0.1) is 0 Å². The van der Waals surface area contributed by atoms with Crippen molar-refractivity contribution in [2.45, 2.75) is 46.0 Å². The molecule has 3 atom stereocenters. The summed E-state index contributed by atoms with van der Waals surface area (Å²) in [6, 6.07) is 12.4. The number of hydrogen-bond donors (Lipinski definition) is 0. The molecule has 0 N–H and O–H groups in total. The zero-order valence-electron chi connectivity index (χ0n) is 19.5. The average Bonchev–Trinajstić information content (AvgIpc) is 3.32. The molecule has 3 aliphatic rings. The van der Waals surface area contributed by atoms with E-state index in [1.807, 2.05) is 32.0 Å². The molecule has 2 saturated heterocycles. The quantitative estimate of drug-likeness (QED) is 0.392. The van der Waals surface area contributed by atoms with Gasteiger partial charge in [0.25, 0.3) is 0 Å². The maximum atomic E-state index is 12.9. The van der Waals surface area contributed by atoms with Crippen molar-refractivity contribution >= 4 is 35.1 Å². The molecule has 0 unspecified atom stereocenters. The van der Waals surface area contributed by atoms with Gasteiger partial charge in [0.1, 0.15) is 5.75 Å². The van der Waals surface area contributed by atoms with Crippen molar-refractivity contribution in [1.29, 1.82) is 0 Å². The molecule has 0 bridgehead atoms. The van der Waals surface area contributed by atoms with Crippen LogP contribution in [-0.4, -0.2) is 30.2 Å². The van der Waals surface area contributed by atoms with Crippen molar-refractivity contribution < 1.29 is 23.9 Å². The number of carbonyl (C=O) groups excluding carboxylic acids is 4. The molecule has 1 saturated carbocycles. The highest BCUT2D eigenvalue weighted by Crippen LogP contribution is 2.40. The zero-order chi connectivity index (χ0) is 24.0. The van der Waals surface area contributed by atoms with E-state index in [2.05, 4.69) is 0 Å². The number of esters is 1. The summed E-state index contributed by atoms with van der Waals surface area (Å²) in [6.07, 6.45) is 3.49. The smallest absolute Gasteiger partial charge is 0.316 e. The molecule has 0 aromatic heterocycles. The number of rotatable bonds is 4. The largest absolute Gasteiger partial charge is 0.426 e. The van der Waals surface area contributed by atoms with Gasteiger partial charge >= 0.3 is 5.97 Å². The summed E-state index contributed by atoms with van der Waals surface area (Å²) in [5.41, 5.74) is 3.32. The van der Waals surface area contributed by atoms with E-state index in [1.54, 1.807) is 29.2 Å². The van der Waals surface area contributed by atoms with Crippen LogP contribution in [0.1, 0.15) is 43.2 Å². The van der Waals surface area contributed by atoms with Gasteiger partial charge in [0.15, 0.2) is 0 Å². The van der Waals surface area contributed by atoms with Gasteiger partial charge in [-0.2, -0.15) is 0 Å². The molecule has 0 radical (unpaired) electrons. The molecular formula is C27H28N2O5. The van der Waals surface area contributed by atoms with Crippen LogP contribution < -0.4 is 14.5 Å². The van der Waals surface area contributed by atoms with Crippen molar-refractivity contribution in [3.63, 3.8) is 0 Å². The lowest BCUT2D eigenvalue weighted by atomic mass is 9.81. The molecule has 2 heterocycles. The number of anilines is 2. The lowest BCUT2D eigenvalue weighted by Crippen LogP contribution is -2.31. The molecule has 7 heteroatoms. The van der Waals surface area contributed by atoms with E-state index < -0.39 is 11.9 Å². The van der Waals surface area contributed by atoms with E-state index in [0.717, 1.165) is 42.5 Å². The SMILES string of the molecule is Cc1ccc(N2C[C@H](C(=O)Oc3cccc(N4C(=O)[C@@H]5CCCC[C@H]5C4=O)c3)CC2=O)c(C)c1. The lowest BCUT2D eigenvalue weighted by Gasteiger charge is -2.19. The fourth-order valence-electron chi connectivity index (χ4n) is 5.51. The first kappa shape index (κ1) is 22.3. The molecule has 7 nitrogen and oxygen atoms in total. The predicted molar refractivity (Wildman–Crippen MR) is 126 cm³/mol. The number of fused-ring (bicyclic) bond motifs is 1. The van der Waals surface area contributed by atoms with Crippen LogP contribution in [0, 0.1) is 31.6 Å². The third-order valence-corrected chi connectivity index (χ3v) is 7.24. The van der Waals surface area contributed by atoms with Crippen molar-refractivity contribution in [2.75, 3.05) is 16.3 Å². The van der Waals surface area contributed by atoms with Gasteiger partial charge in [0.05, 0.1) is 23.4 Å². The number of amides is 3. The van der Waals surface area contributed by atoms with Gasteiger partial charge in [0.2, 0.25) is 17.7 Å². The van der Waals surface area contributed by atoms with Crippen LogP contribution in [-0.2, 0) is 19.2 Å². The summed E-state index contributed by atoms with van der Waals surface area (Å²) in [5.74, 6) is -1.75. The van der Waals surface area contributed by atoms with E-state index >= 15 is 0 Å². The van der Waals surface area contributed by atoms with Gasteiger partial charge in [0, 0.05) is 24.7 Å². The molecule has 176 valence electrons. The van der Waals surface area contributed by atoms with E-state index in [1.165, 1.54) is 4.90 Å². The fourth-order valence-corrected chi connectivity index (χ4v) is 5.51. The minimum absolute atomic E-state index is 0.0816.